The number of hydrogen-bond donors (Lipinski definition) is 1. The Morgan fingerprint density at radius 3 is 2.42 bits per heavy atom. The lowest BCUT2D eigenvalue weighted by Gasteiger charge is -2.00. The molecule has 12 heavy (non-hydrogen) atoms. The van der Waals surface area contributed by atoms with Crippen molar-refractivity contribution in [1.82, 2.24) is 9.97 Å². The number of aryl methyl sites for hydroxylation is 1. The average Bonchev–Trinajstić information content (AvgIpc) is 1.82. The molecule has 1 heterocycles. The zero-order valence-corrected chi connectivity index (χ0v) is 7.52. The van der Waals surface area contributed by atoms with Gasteiger partial charge in [-0.3, -0.25) is 0 Å². The summed E-state index contributed by atoms with van der Waals surface area (Å²) in [7, 11) is 0. The number of hydrogen-bond acceptors (Lipinski definition) is 3. The lowest BCUT2D eigenvalue weighted by atomic mass is 10.2. The molecule has 0 bridgehead atoms. The predicted molar refractivity (Wildman–Crippen MR) is 43.7 cm³/mol. The van der Waals surface area contributed by atoms with Gasteiger partial charge in [0.15, 0.2) is 0 Å². The van der Waals surface area contributed by atoms with Gasteiger partial charge in [-0.15, -0.1) is 0 Å². The van der Waals surface area contributed by atoms with Crippen LogP contribution in [0.2, 0.25) is 10.4 Å². The van der Waals surface area contributed by atoms with Crippen molar-refractivity contribution in [3.8, 4) is 0 Å². The first-order valence-electron chi connectivity index (χ1n) is 2.95. The van der Waals surface area contributed by atoms with E-state index in [-0.39, 0.29) is 21.7 Å². The molecule has 1 aromatic rings. The van der Waals surface area contributed by atoms with E-state index in [0.29, 0.717) is 0 Å². The minimum atomic E-state index is -1.16. The third-order valence-electron chi connectivity index (χ3n) is 1.23. The zero-order chi connectivity index (χ0) is 9.30. The van der Waals surface area contributed by atoms with Crippen LogP contribution in [0.5, 0.6) is 0 Å². The van der Waals surface area contributed by atoms with Crippen LogP contribution in [0.3, 0.4) is 0 Å². The van der Waals surface area contributed by atoms with Crippen molar-refractivity contribution < 1.29 is 9.90 Å². The molecule has 0 aromatic carbocycles. The molecule has 1 rings (SSSR count). The Bertz CT molecular complexity index is 317. The van der Waals surface area contributed by atoms with E-state index in [0.717, 1.165) is 0 Å². The Kier molecular flexibility index (Phi) is 2.49. The minimum absolute atomic E-state index is 0.0532. The van der Waals surface area contributed by atoms with Crippen molar-refractivity contribution in [2.24, 2.45) is 0 Å². The molecule has 6 heteroatoms. The van der Waals surface area contributed by atoms with E-state index in [1.54, 1.807) is 0 Å². The Balaban J connectivity index is 3.38. The molecule has 0 aliphatic rings. The van der Waals surface area contributed by atoms with Gasteiger partial charge in [0, 0.05) is 0 Å². The maximum Gasteiger partial charge on any atom is 0.340 e. The number of nitrogens with zero attached hydrogens (tertiary/aromatic N) is 2. The molecule has 0 saturated heterocycles. The monoisotopic (exact) mass is 206 g/mol. The van der Waals surface area contributed by atoms with E-state index in [4.69, 9.17) is 28.3 Å². The highest BCUT2D eigenvalue weighted by Gasteiger charge is 2.15. The Hall–Kier alpha value is -0.870. The van der Waals surface area contributed by atoms with E-state index in [2.05, 4.69) is 9.97 Å². The maximum absolute atomic E-state index is 10.5. The normalized spacial score (nSPS) is 9.92. The number of carboxylic acids is 1. The molecule has 0 fully saturated rings. The number of carboxylic acid groups (broad SMARTS) is 1. The van der Waals surface area contributed by atoms with E-state index in [1.807, 2.05) is 0 Å². The Morgan fingerprint density at radius 2 is 2.00 bits per heavy atom. The van der Waals surface area contributed by atoms with Crippen LogP contribution in [0, 0.1) is 6.92 Å². The second kappa shape index (κ2) is 3.25. The van der Waals surface area contributed by atoms with Crippen LogP contribution in [-0.2, 0) is 0 Å². The Labute approximate surface area is 78.2 Å². The predicted octanol–water partition coefficient (Wildman–Crippen LogP) is 1.79. The zero-order valence-electron chi connectivity index (χ0n) is 6.01. The van der Waals surface area contributed by atoms with Crippen molar-refractivity contribution in [1.29, 1.82) is 0 Å². The second-order valence-corrected chi connectivity index (χ2v) is 2.75. The number of aromatic nitrogens is 2. The number of halogens is 2. The molecule has 0 saturated carbocycles. The van der Waals surface area contributed by atoms with Crippen LogP contribution in [0.25, 0.3) is 0 Å². The average molecular weight is 207 g/mol. The van der Waals surface area contributed by atoms with E-state index < -0.39 is 5.97 Å². The van der Waals surface area contributed by atoms with Gasteiger partial charge >= 0.3 is 5.97 Å². The highest BCUT2D eigenvalue weighted by Crippen LogP contribution is 2.17. The van der Waals surface area contributed by atoms with Crippen LogP contribution >= 0.6 is 23.2 Å². The summed E-state index contributed by atoms with van der Waals surface area (Å²) >= 11 is 10.9. The summed E-state index contributed by atoms with van der Waals surface area (Å²) in [6.45, 7) is 1.50. The number of rotatable bonds is 1. The molecular weight excluding hydrogens is 203 g/mol. The molecule has 0 amide bonds. The maximum atomic E-state index is 10.5. The van der Waals surface area contributed by atoms with Crippen molar-refractivity contribution in [3.05, 3.63) is 21.7 Å². The summed E-state index contributed by atoms with van der Waals surface area (Å²) in [6, 6.07) is 0. The molecule has 0 atom stereocenters. The fourth-order valence-corrected chi connectivity index (χ4v) is 1.30. The quantitative estimate of drug-likeness (QED) is 0.563. The van der Waals surface area contributed by atoms with Gasteiger partial charge in [0.1, 0.15) is 10.7 Å². The first kappa shape index (κ1) is 9.22. The summed E-state index contributed by atoms with van der Waals surface area (Å²) in [4.78, 5) is 17.7. The topological polar surface area (TPSA) is 63.1 Å². The summed E-state index contributed by atoms with van der Waals surface area (Å²) < 4.78 is 0. The molecule has 0 aliphatic carbocycles. The van der Waals surface area contributed by atoms with Gasteiger partial charge in [-0.05, 0) is 18.5 Å². The summed E-state index contributed by atoms with van der Waals surface area (Å²) in [5, 5.41) is 8.44. The summed E-state index contributed by atoms with van der Waals surface area (Å²) in [5.74, 6) is -1.16. The lowest BCUT2D eigenvalue weighted by Crippen LogP contribution is -2.04. The summed E-state index contributed by atoms with van der Waals surface area (Å²) in [6.07, 6.45) is 0. The highest BCUT2D eigenvalue weighted by atomic mass is 35.5. The van der Waals surface area contributed by atoms with Crippen molar-refractivity contribution >= 4 is 29.2 Å². The molecule has 0 spiro atoms. The van der Waals surface area contributed by atoms with Gasteiger partial charge in [0.25, 0.3) is 0 Å². The van der Waals surface area contributed by atoms with Crippen molar-refractivity contribution in [2.75, 3.05) is 0 Å². The molecule has 0 unspecified atom stereocenters. The van der Waals surface area contributed by atoms with Gasteiger partial charge < -0.3 is 5.11 Å². The second-order valence-electron chi connectivity index (χ2n) is 2.05. The van der Waals surface area contributed by atoms with Crippen LogP contribution < -0.4 is 0 Å². The molecule has 4 nitrogen and oxygen atoms in total. The van der Waals surface area contributed by atoms with Crippen molar-refractivity contribution in [3.63, 3.8) is 0 Å². The van der Waals surface area contributed by atoms with Crippen LogP contribution in [0.1, 0.15) is 16.1 Å². The van der Waals surface area contributed by atoms with Gasteiger partial charge in [0.2, 0.25) is 5.28 Å². The van der Waals surface area contributed by atoms with Crippen LogP contribution in [0.15, 0.2) is 0 Å². The lowest BCUT2D eigenvalue weighted by molar-refractivity contribution is 0.0695. The molecule has 64 valence electrons. The van der Waals surface area contributed by atoms with Gasteiger partial charge in [-0.25, -0.2) is 14.8 Å². The smallest absolute Gasteiger partial charge is 0.340 e. The fraction of sp³-hybridized carbons (Fsp3) is 0.167. The fourth-order valence-electron chi connectivity index (χ4n) is 0.748. The van der Waals surface area contributed by atoms with E-state index in [9.17, 15) is 4.79 Å². The Morgan fingerprint density at radius 1 is 1.42 bits per heavy atom. The van der Waals surface area contributed by atoms with E-state index >= 15 is 0 Å². The first-order chi connectivity index (χ1) is 5.52. The molecule has 1 N–H and O–H groups in total. The van der Waals surface area contributed by atoms with Gasteiger partial charge in [0.05, 0.1) is 5.69 Å². The van der Waals surface area contributed by atoms with Crippen LogP contribution in [-0.4, -0.2) is 21.0 Å². The minimum Gasteiger partial charge on any atom is -0.478 e. The standard InChI is InChI=1S/C6H4Cl2N2O2/c1-2-3(5(11)12)4(7)10-6(8)9-2/h1H3,(H,11,12). The first-order valence-corrected chi connectivity index (χ1v) is 3.71. The third-order valence-corrected chi connectivity index (χ3v) is 1.67. The third kappa shape index (κ3) is 1.65. The largest absolute Gasteiger partial charge is 0.478 e. The van der Waals surface area contributed by atoms with Crippen LogP contribution in [0.4, 0.5) is 0 Å². The summed E-state index contributed by atoms with van der Waals surface area (Å²) in [5.41, 5.74) is 0.147. The van der Waals surface area contributed by atoms with E-state index in [1.165, 1.54) is 6.92 Å². The van der Waals surface area contributed by atoms with Crippen molar-refractivity contribution in [2.45, 2.75) is 6.92 Å². The molecule has 1 aromatic heterocycles. The van der Waals surface area contributed by atoms with Gasteiger partial charge in [-0.2, -0.15) is 0 Å². The number of aromatic carboxylic acids is 1. The SMILES string of the molecule is Cc1nc(Cl)nc(Cl)c1C(=O)O. The van der Waals surface area contributed by atoms with Gasteiger partial charge in [-0.1, -0.05) is 11.6 Å². The molecular formula is C6H4Cl2N2O2. The molecule has 0 radical (unpaired) electrons. The highest BCUT2D eigenvalue weighted by molar-refractivity contribution is 6.34. The molecule has 0 aliphatic heterocycles. The number of carbonyl (C=O) groups is 1.